The second kappa shape index (κ2) is 7.61. The summed E-state index contributed by atoms with van der Waals surface area (Å²) in [6, 6.07) is 9.95. The quantitative estimate of drug-likeness (QED) is 0.737. The summed E-state index contributed by atoms with van der Waals surface area (Å²) in [5, 5.41) is 5.51. The molecule has 1 N–H and O–H groups in total. The van der Waals surface area contributed by atoms with Gasteiger partial charge in [-0.05, 0) is 30.4 Å². The van der Waals surface area contributed by atoms with Gasteiger partial charge in [0, 0.05) is 13.0 Å². The highest BCUT2D eigenvalue weighted by molar-refractivity contribution is 7.16. The van der Waals surface area contributed by atoms with Gasteiger partial charge in [-0.15, -0.1) is 11.3 Å². The number of fused-ring (bicyclic) bond motifs is 1. The van der Waals surface area contributed by atoms with Crippen LogP contribution in [0.4, 0.5) is 0 Å². The van der Waals surface area contributed by atoms with Crippen molar-refractivity contribution in [2.75, 3.05) is 0 Å². The van der Waals surface area contributed by atoms with E-state index in [4.69, 9.17) is 0 Å². The average molecular weight is 355 g/mol. The number of carbonyl (C=O) groups is 1. The number of amides is 1. The lowest BCUT2D eigenvalue weighted by Crippen LogP contribution is -2.30. The lowest BCUT2D eigenvalue weighted by atomic mass is 10.0. The van der Waals surface area contributed by atoms with E-state index in [1.54, 1.807) is 6.07 Å². The molecule has 0 saturated carbocycles. The Bertz CT molecular complexity index is 928. The lowest BCUT2D eigenvalue weighted by Gasteiger charge is -2.18. The first-order valence-corrected chi connectivity index (χ1v) is 9.25. The zero-order valence-electron chi connectivity index (χ0n) is 14.4. The number of benzene rings is 1. The van der Waals surface area contributed by atoms with Crippen molar-refractivity contribution in [3.63, 3.8) is 0 Å². The average Bonchev–Trinajstić information content (AvgIpc) is 3.09. The molecule has 0 spiro atoms. The maximum atomic E-state index is 12.3. The Hall–Kier alpha value is -2.47. The number of nitrogens with zero attached hydrogens (tertiary/aromatic N) is 2. The molecule has 2 heterocycles. The van der Waals surface area contributed by atoms with E-state index in [0.717, 1.165) is 16.8 Å². The first kappa shape index (κ1) is 17.4. The van der Waals surface area contributed by atoms with Crippen LogP contribution in [0.25, 0.3) is 10.2 Å². The van der Waals surface area contributed by atoms with Crippen molar-refractivity contribution in [1.29, 1.82) is 0 Å². The van der Waals surface area contributed by atoms with E-state index in [2.05, 4.69) is 10.3 Å². The Labute approximate surface area is 150 Å². The molecule has 0 fully saturated rings. The molecule has 5 nitrogen and oxygen atoms in total. The van der Waals surface area contributed by atoms with Crippen LogP contribution in [0.1, 0.15) is 36.9 Å². The molecule has 0 saturated heterocycles. The summed E-state index contributed by atoms with van der Waals surface area (Å²) < 4.78 is 1.50. The highest BCUT2D eigenvalue weighted by atomic mass is 32.1. The third kappa shape index (κ3) is 3.96. The standard InChI is InChI=1S/C19H21N3O2S/c1-3-16(14-6-4-13(2)5-7-14)21-17(23)8-10-22-12-20-18-15(19(22)24)9-11-25-18/h4-7,9,11-12,16H,3,8,10H2,1-2H3,(H,21,23)/t16-/m0/s1. The SMILES string of the molecule is CC[C@H](NC(=O)CCn1cnc2sccc2c1=O)c1ccc(C)cc1. The van der Waals surface area contributed by atoms with Crippen molar-refractivity contribution >= 4 is 27.5 Å². The summed E-state index contributed by atoms with van der Waals surface area (Å²) in [7, 11) is 0. The molecule has 3 rings (SSSR count). The van der Waals surface area contributed by atoms with Gasteiger partial charge in [0.1, 0.15) is 4.83 Å². The summed E-state index contributed by atoms with van der Waals surface area (Å²) >= 11 is 1.44. The molecule has 1 aromatic carbocycles. The van der Waals surface area contributed by atoms with Crippen LogP contribution < -0.4 is 10.9 Å². The van der Waals surface area contributed by atoms with Crippen molar-refractivity contribution in [3.8, 4) is 0 Å². The Morgan fingerprint density at radius 1 is 1.28 bits per heavy atom. The van der Waals surface area contributed by atoms with Gasteiger partial charge in [-0.1, -0.05) is 36.8 Å². The number of aromatic nitrogens is 2. The smallest absolute Gasteiger partial charge is 0.262 e. The number of hydrogen-bond acceptors (Lipinski definition) is 4. The second-order valence-electron chi connectivity index (χ2n) is 6.07. The molecule has 0 aliphatic heterocycles. The summed E-state index contributed by atoms with van der Waals surface area (Å²) in [4.78, 5) is 29.6. The fourth-order valence-corrected chi connectivity index (χ4v) is 3.48. The minimum absolute atomic E-state index is 0.0118. The van der Waals surface area contributed by atoms with Crippen LogP contribution in [0.15, 0.2) is 46.8 Å². The number of rotatable bonds is 6. The molecular formula is C19H21N3O2S. The Kier molecular flexibility index (Phi) is 5.28. The van der Waals surface area contributed by atoms with Gasteiger partial charge >= 0.3 is 0 Å². The normalized spacial score (nSPS) is 12.2. The van der Waals surface area contributed by atoms with Gasteiger partial charge in [-0.2, -0.15) is 0 Å². The number of carbonyl (C=O) groups excluding carboxylic acids is 1. The second-order valence-corrected chi connectivity index (χ2v) is 6.97. The van der Waals surface area contributed by atoms with Crippen molar-refractivity contribution in [1.82, 2.24) is 14.9 Å². The van der Waals surface area contributed by atoms with E-state index in [1.807, 2.05) is 43.5 Å². The molecule has 0 aliphatic carbocycles. The van der Waals surface area contributed by atoms with Gasteiger partial charge in [0.2, 0.25) is 5.91 Å². The highest BCUT2D eigenvalue weighted by Gasteiger charge is 2.13. The van der Waals surface area contributed by atoms with Crippen LogP contribution in [0, 0.1) is 6.92 Å². The zero-order valence-corrected chi connectivity index (χ0v) is 15.2. The minimum atomic E-state index is -0.0929. The maximum Gasteiger partial charge on any atom is 0.262 e. The topological polar surface area (TPSA) is 64.0 Å². The molecule has 0 bridgehead atoms. The van der Waals surface area contributed by atoms with Crippen LogP contribution in [-0.2, 0) is 11.3 Å². The summed E-state index contributed by atoms with van der Waals surface area (Å²) in [6.45, 7) is 4.41. The molecule has 1 amide bonds. The molecule has 6 heteroatoms. The first-order valence-electron chi connectivity index (χ1n) is 8.37. The zero-order chi connectivity index (χ0) is 17.8. The Balaban J connectivity index is 1.64. The predicted molar refractivity (Wildman–Crippen MR) is 101 cm³/mol. The third-order valence-corrected chi connectivity index (χ3v) is 5.07. The number of aryl methyl sites for hydroxylation is 2. The molecule has 0 radical (unpaired) electrons. The summed E-state index contributed by atoms with van der Waals surface area (Å²) in [5.74, 6) is -0.0651. The predicted octanol–water partition coefficient (Wildman–Crippen LogP) is 3.42. The molecular weight excluding hydrogens is 334 g/mol. The fraction of sp³-hybridized carbons (Fsp3) is 0.316. The van der Waals surface area contributed by atoms with Crippen molar-refractivity contribution in [2.45, 2.75) is 39.3 Å². The van der Waals surface area contributed by atoms with Crippen LogP contribution in [0.2, 0.25) is 0 Å². The van der Waals surface area contributed by atoms with E-state index in [0.29, 0.717) is 11.9 Å². The van der Waals surface area contributed by atoms with Crippen molar-refractivity contribution in [2.24, 2.45) is 0 Å². The third-order valence-electron chi connectivity index (χ3n) is 4.25. The van der Waals surface area contributed by atoms with Crippen molar-refractivity contribution in [3.05, 3.63) is 63.5 Å². The molecule has 1 atom stereocenters. The molecule has 0 unspecified atom stereocenters. The molecule has 130 valence electrons. The monoisotopic (exact) mass is 355 g/mol. The van der Waals surface area contributed by atoms with Crippen LogP contribution >= 0.6 is 11.3 Å². The number of hydrogen-bond donors (Lipinski definition) is 1. The lowest BCUT2D eigenvalue weighted by molar-refractivity contribution is -0.122. The van der Waals surface area contributed by atoms with Gasteiger partial charge in [-0.25, -0.2) is 4.98 Å². The highest BCUT2D eigenvalue weighted by Crippen LogP contribution is 2.17. The van der Waals surface area contributed by atoms with E-state index >= 15 is 0 Å². The maximum absolute atomic E-state index is 12.3. The fourth-order valence-electron chi connectivity index (χ4n) is 2.76. The molecule has 0 aliphatic rings. The van der Waals surface area contributed by atoms with Gasteiger partial charge in [0.15, 0.2) is 0 Å². The van der Waals surface area contributed by atoms with Crippen molar-refractivity contribution < 1.29 is 4.79 Å². The van der Waals surface area contributed by atoms with Gasteiger partial charge in [0.05, 0.1) is 17.8 Å². The van der Waals surface area contributed by atoms with Crippen LogP contribution in [0.3, 0.4) is 0 Å². The van der Waals surface area contributed by atoms with Crippen LogP contribution in [0.5, 0.6) is 0 Å². The Morgan fingerprint density at radius 3 is 2.76 bits per heavy atom. The van der Waals surface area contributed by atoms with E-state index in [9.17, 15) is 9.59 Å². The molecule has 2 aromatic heterocycles. The largest absolute Gasteiger partial charge is 0.349 e. The van der Waals surface area contributed by atoms with E-state index in [-0.39, 0.29) is 23.9 Å². The van der Waals surface area contributed by atoms with Gasteiger partial charge in [0.25, 0.3) is 5.56 Å². The molecule has 25 heavy (non-hydrogen) atoms. The first-order chi connectivity index (χ1) is 12.1. The number of nitrogens with one attached hydrogen (secondary N) is 1. The van der Waals surface area contributed by atoms with E-state index < -0.39 is 0 Å². The summed E-state index contributed by atoms with van der Waals surface area (Å²) in [6.07, 6.45) is 2.59. The minimum Gasteiger partial charge on any atom is -0.349 e. The van der Waals surface area contributed by atoms with E-state index in [1.165, 1.54) is 27.8 Å². The van der Waals surface area contributed by atoms with Gasteiger partial charge < -0.3 is 5.32 Å². The number of thiophene rings is 1. The summed E-state index contributed by atoms with van der Waals surface area (Å²) in [5.41, 5.74) is 2.20. The van der Waals surface area contributed by atoms with Crippen LogP contribution in [-0.4, -0.2) is 15.5 Å². The molecule has 3 aromatic rings. The van der Waals surface area contributed by atoms with Gasteiger partial charge in [-0.3, -0.25) is 14.2 Å². The Morgan fingerprint density at radius 2 is 2.04 bits per heavy atom.